The third-order valence-electron chi connectivity index (χ3n) is 3.89. The van der Waals surface area contributed by atoms with Gasteiger partial charge in [0.05, 0.1) is 6.10 Å². The van der Waals surface area contributed by atoms with Gasteiger partial charge in [0.25, 0.3) is 0 Å². The topological polar surface area (TPSA) is 20.2 Å². The number of aliphatic hydroxyl groups excluding tert-OH is 1. The molecular weight excluding hydrogens is 196 g/mol. The first-order valence-electron chi connectivity index (χ1n) is 6.39. The van der Waals surface area contributed by atoms with Gasteiger partial charge in [-0.3, -0.25) is 0 Å². The van der Waals surface area contributed by atoms with Gasteiger partial charge in [-0.2, -0.15) is 0 Å². The molecule has 2 atom stereocenters. The van der Waals surface area contributed by atoms with Crippen LogP contribution >= 0.6 is 0 Å². The SMILES string of the molecule is CCCCC1(C(C)(C)C)C=C(C)C=CC1O. The van der Waals surface area contributed by atoms with E-state index in [1.807, 2.05) is 12.2 Å². The highest BCUT2D eigenvalue weighted by molar-refractivity contribution is 5.30. The Bertz CT molecular complexity index is 293. The van der Waals surface area contributed by atoms with Crippen LogP contribution in [0.15, 0.2) is 23.8 Å². The highest BCUT2D eigenvalue weighted by Crippen LogP contribution is 2.49. The van der Waals surface area contributed by atoms with E-state index in [9.17, 15) is 5.11 Å². The molecule has 0 aromatic heterocycles. The molecule has 92 valence electrons. The number of unbranched alkanes of at least 4 members (excludes halogenated alkanes) is 1. The molecule has 1 aliphatic rings. The molecule has 0 aromatic carbocycles. The Morgan fingerprint density at radius 1 is 1.38 bits per heavy atom. The van der Waals surface area contributed by atoms with Gasteiger partial charge in [-0.25, -0.2) is 0 Å². The molecule has 1 aliphatic carbocycles. The molecule has 0 radical (unpaired) electrons. The Kier molecular flexibility index (Phi) is 4.01. The average Bonchev–Trinajstić information content (AvgIpc) is 2.18. The van der Waals surface area contributed by atoms with E-state index >= 15 is 0 Å². The summed E-state index contributed by atoms with van der Waals surface area (Å²) in [6.45, 7) is 11.0. The summed E-state index contributed by atoms with van der Waals surface area (Å²) in [5.74, 6) is 0. The Balaban J connectivity index is 3.08. The molecule has 1 heteroatoms. The molecular formula is C15H26O. The Morgan fingerprint density at radius 3 is 2.50 bits per heavy atom. The third kappa shape index (κ3) is 2.40. The summed E-state index contributed by atoms with van der Waals surface area (Å²) < 4.78 is 0. The smallest absolute Gasteiger partial charge is 0.0819 e. The van der Waals surface area contributed by atoms with Gasteiger partial charge >= 0.3 is 0 Å². The van der Waals surface area contributed by atoms with Gasteiger partial charge in [-0.1, -0.05) is 64.3 Å². The van der Waals surface area contributed by atoms with Gasteiger partial charge in [0.15, 0.2) is 0 Å². The van der Waals surface area contributed by atoms with Crippen molar-refractivity contribution in [3.63, 3.8) is 0 Å². The van der Waals surface area contributed by atoms with Crippen LogP contribution in [0, 0.1) is 10.8 Å². The van der Waals surface area contributed by atoms with E-state index in [-0.39, 0.29) is 16.9 Å². The zero-order chi connectivity index (χ0) is 12.4. The maximum Gasteiger partial charge on any atom is 0.0819 e. The second kappa shape index (κ2) is 4.75. The van der Waals surface area contributed by atoms with Crippen molar-refractivity contribution in [1.29, 1.82) is 0 Å². The predicted octanol–water partition coefficient (Wildman–Crippen LogP) is 4.09. The minimum Gasteiger partial charge on any atom is -0.388 e. The fourth-order valence-electron chi connectivity index (χ4n) is 2.68. The Labute approximate surface area is 100 Å². The van der Waals surface area contributed by atoms with Gasteiger partial charge in [-0.15, -0.1) is 0 Å². The van der Waals surface area contributed by atoms with Gasteiger partial charge in [-0.05, 0) is 18.8 Å². The summed E-state index contributed by atoms with van der Waals surface area (Å²) in [6.07, 6.45) is 9.34. The first-order chi connectivity index (χ1) is 7.33. The quantitative estimate of drug-likeness (QED) is 0.762. The first kappa shape index (κ1) is 13.5. The van der Waals surface area contributed by atoms with Crippen LogP contribution in [0.5, 0.6) is 0 Å². The van der Waals surface area contributed by atoms with E-state index in [1.165, 1.54) is 18.4 Å². The van der Waals surface area contributed by atoms with E-state index in [4.69, 9.17) is 0 Å². The van der Waals surface area contributed by atoms with Crippen LogP contribution in [0.4, 0.5) is 0 Å². The zero-order valence-electron chi connectivity index (χ0n) is 11.4. The fraction of sp³-hybridized carbons (Fsp3) is 0.733. The molecule has 0 saturated carbocycles. The lowest BCUT2D eigenvalue weighted by Crippen LogP contribution is -2.44. The maximum absolute atomic E-state index is 10.4. The summed E-state index contributed by atoms with van der Waals surface area (Å²) in [5.41, 5.74) is 1.27. The lowest BCUT2D eigenvalue weighted by Gasteiger charge is -2.47. The molecule has 2 unspecified atom stereocenters. The lowest BCUT2D eigenvalue weighted by atomic mass is 9.59. The summed E-state index contributed by atoms with van der Waals surface area (Å²) in [4.78, 5) is 0. The van der Waals surface area contributed by atoms with E-state index in [1.54, 1.807) is 0 Å². The van der Waals surface area contributed by atoms with Crippen LogP contribution in [0.25, 0.3) is 0 Å². The van der Waals surface area contributed by atoms with Crippen molar-refractivity contribution < 1.29 is 5.11 Å². The second-order valence-electron chi connectivity index (χ2n) is 6.09. The van der Waals surface area contributed by atoms with Crippen molar-refractivity contribution in [2.75, 3.05) is 0 Å². The van der Waals surface area contributed by atoms with Crippen molar-refractivity contribution in [2.45, 2.75) is 60.0 Å². The molecule has 1 N–H and O–H groups in total. The number of aliphatic hydroxyl groups is 1. The molecule has 0 heterocycles. The highest BCUT2D eigenvalue weighted by atomic mass is 16.3. The van der Waals surface area contributed by atoms with Gasteiger partial charge in [0, 0.05) is 5.41 Å². The van der Waals surface area contributed by atoms with Crippen LogP contribution in [0.3, 0.4) is 0 Å². The van der Waals surface area contributed by atoms with Crippen LogP contribution < -0.4 is 0 Å². The van der Waals surface area contributed by atoms with Crippen LogP contribution in [0.2, 0.25) is 0 Å². The van der Waals surface area contributed by atoms with Crippen molar-refractivity contribution in [3.05, 3.63) is 23.8 Å². The first-order valence-corrected chi connectivity index (χ1v) is 6.39. The summed E-state index contributed by atoms with van der Waals surface area (Å²) in [5, 5.41) is 10.4. The van der Waals surface area contributed by atoms with Crippen LogP contribution in [-0.2, 0) is 0 Å². The van der Waals surface area contributed by atoms with Crippen molar-refractivity contribution in [3.8, 4) is 0 Å². The molecule has 0 aromatic rings. The molecule has 0 fully saturated rings. The molecule has 0 amide bonds. The third-order valence-corrected chi connectivity index (χ3v) is 3.89. The van der Waals surface area contributed by atoms with Gasteiger partial charge < -0.3 is 5.11 Å². The minimum absolute atomic E-state index is 0.0909. The number of hydrogen-bond acceptors (Lipinski definition) is 1. The standard InChI is InChI=1S/C15H26O/c1-6-7-10-15(14(3,4)5)11-12(2)8-9-13(15)16/h8-9,11,13,16H,6-7,10H2,1-5H3. The second-order valence-corrected chi connectivity index (χ2v) is 6.09. The molecule has 0 aliphatic heterocycles. The Hall–Kier alpha value is -0.560. The van der Waals surface area contributed by atoms with Crippen LogP contribution in [-0.4, -0.2) is 11.2 Å². The van der Waals surface area contributed by atoms with Crippen molar-refractivity contribution in [1.82, 2.24) is 0 Å². The van der Waals surface area contributed by atoms with E-state index in [2.05, 4.69) is 40.7 Å². The summed E-state index contributed by atoms with van der Waals surface area (Å²) in [6, 6.07) is 0. The molecule has 1 rings (SSSR count). The molecule has 1 nitrogen and oxygen atoms in total. The van der Waals surface area contributed by atoms with E-state index < -0.39 is 0 Å². The molecule has 0 saturated heterocycles. The lowest BCUT2D eigenvalue weighted by molar-refractivity contribution is 0.000857. The summed E-state index contributed by atoms with van der Waals surface area (Å²) >= 11 is 0. The Morgan fingerprint density at radius 2 is 2.00 bits per heavy atom. The van der Waals surface area contributed by atoms with E-state index in [0.717, 1.165) is 6.42 Å². The van der Waals surface area contributed by atoms with Gasteiger partial charge in [0.1, 0.15) is 0 Å². The fourth-order valence-corrected chi connectivity index (χ4v) is 2.68. The highest BCUT2D eigenvalue weighted by Gasteiger charge is 2.45. The van der Waals surface area contributed by atoms with Crippen molar-refractivity contribution in [2.24, 2.45) is 10.8 Å². The van der Waals surface area contributed by atoms with E-state index in [0.29, 0.717) is 0 Å². The molecule has 0 spiro atoms. The zero-order valence-corrected chi connectivity index (χ0v) is 11.4. The molecule has 16 heavy (non-hydrogen) atoms. The van der Waals surface area contributed by atoms with Crippen LogP contribution in [0.1, 0.15) is 53.9 Å². The minimum atomic E-state index is -0.345. The number of rotatable bonds is 3. The number of hydrogen-bond donors (Lipinski definition) is 1. The molecule has 0 bridgehead atoms. The number of allylic oxidation sites excluding steroid dienone is 2. The normalized spacial score (nSPS) is 30.4. The monoisotopic (exact) mass is 222 g/mol. The maximum atomic E-state index is 10.4. The largest absolute Gasteiger partial charge is 0.388 e. The average molecular weight is 222 g/mol. The summed E-state index contributed by atoms with van der Waals surface area (Å²) in [7, 11) is 0. The predicted molar refractivity (Wildman–Crippen MR) is 70.3 cm³/mol. The van der Waals surface area contributed by atoms with Crippen molar-refractivity contribution >= 4 is 0 Å². The van der Waals surface area contributed by atoms with Gasteiger partial charge in [0.2, 0.25) is 0 Å².